The van der Waals surface area contributed by atoms with Gasteiger partial charge in [-0.25, -0.2) is 13.9 Å². The number of nitrogens with two attached hydrogens (primary N) is 1. The van der Waals surface area contributed by atoms with Crippen molar-refractivity contribution < 1.29 is 9.13 Å². The Kier molecular flexibility index (Phi) is 6.77. The minimum absolute atomic E-state index is 0.300. The molecule has 1 saturated heterocycles. The number of anilines is 1. The number of piperidine rings is 1. The molecule has 184 valence electrons. The van der Waals surface area contributed by atoms with Crippen LogP contribution in [0.3, 0.4) is 0 Å². The predicted molar refractivity (Wildman–Crippen MR) is 135 cm³/mol. The zero-order valence-electron chi connectivity index (χ0n) is 20.2. The van der Waals surface area contributed by atoms with Gasteiger partial charge in [-0.3, -0.25) is 9.58 Å². The average molecular weight is 496 g/mol. The van der Waals surface area contributed by atoms with Crippen molar-refractivity contribution in [2.75, 3.05) is 32.5 Å². The molecule has 1 aliphatic heterocycles. The van der Waals surface area contributed by atoms with Crippen molar-refractivity contribution in [2.24, 2.45) is 0 Å². The number of nitrogen functional groups attached to an aromatic ring is 1. The van der Waals surface area contributed by atoms with Gasteiger partial charge in [0, 0.05) is 60.4 Å². The molecule has 1 unspecified atom stereocenters. The summed E-state index contributed by atoms with van der Waals surface area (Å²) in [6, 6.07) is 5.79. The molecule has 1 aliphatic rings. The topological polar surface area (TPSA) is 86.5 Å². The molecule has 0 aromatic carbocycles. The van der Waals surface area contributed by atoms with Crippen LogP contribution in [-0.4, -0.2) is 62.1 Å². The van der Waals surface area contributed by atoms with Gasteiger partial charge in [-0.05, 0) is 44.9 Å². The fourth-order valence-electron chi connectivity index (χ4n) is 4.88. The summed E-state index contributed by atoms with van der Waals surface area (Å²) in [5, 5.41) is 9.49. The van der Waals surface area contributed by atoms with Gasteiger partial charge in [0.1, 0.15) is 10.5 Å². The fourth-order valence-corrected chi connectivity index (χ4v) is 5.86. The highest BCUT2D eigenvalue weighted by Crippen LogP contribution is 2.38. The molecule has 35 heavy (non-hydrogen) atoms. The second kappa shape index (κ2) is 9.96. The van der Waals surface area contributed by atoms with Gasteiger partial charge in [-0.2, -0.15) is 10.2 Å². The van der Waals surface area contributed by atoms with E-state index in [4.69, 9.17) is 15.6 Å². The Bertz CT molecular complexity index is 1330. The lowest BCUT2D eigenvalue weighted by Gasteiger charge is -2.36. The summed E-state index contributed by atoms with van der Waals surface area (Å²) in [6.07, 6.45) is 9.16. The molecule has 4 aromatic rings. The van der Waals surface area contributed by atoms with Crippen molar-refractivity contribution in [3.63, 3.8) is 0 Å². The number of likely N-dealkylation sites (tertiary alicyclic amines) is 1. The van der Waals surface area contributed by atoms with E-state index in [0.717, 1.165) is 59.8 Å². The van der Waals surface area contributed by atoms with Crippen LogP contribution in [0.1, 0.15) is 31.5 Å². The summed E-state index contributed by atoms with van der Waals surface area (Å²) < 4.78 is 23.6. The number of fused-ring (bicyclic) bond motifs is 1. The molecule has 8 nitrogen and oxygen atoms in total. The van der Waals surface area contributed by atoms with Gasteiger partial charge in [0.15, 0.2) is 5.82 Å². The van der Waals surface area contributed by atoms with Gasteiger partial charge in [0.05, 0.1) is 30.7 Å². The predicted octanol–water partition coefficient (Wildman–Crippen LogP) is 4.45. The van der Waals surface area contributed by atoms with Crippen molar-refractivity contribution in [3.8, 4) is 11.1 Å². The third-order valence-corrected chi connectivity index (χ3v) is 7.79. The second-order valence-electron chi connectivity index (χ2n) is 9.04. The lowest BCUT2D eigenvalue weighted by Crippen LogP contribution is -2.42. The van der Waals surface area contributed by atoms with Crippen molar-refractivity contribution in [3.05, 3.63) is 54.5 Å². The van der Waals surface area contributed by atoms with Gasteiger partial charge in [0.25, 0.3) is 0 Å². The van der Waals surface area contributed by atoms with Crippen LogP contribution in [0.2, 0.25) is 0 Å². The second-order valence-corrected chi connectivity index (χ2v) is 10.1. The van der Waals surface area contributed by atoms with Crippen molar-refractivity contribution in [2.45, 2.75) is 48.7 Å². The molecule has 0 bridgehead atoms. The zero-order chi connectivity index (χ0) is 24.5. The molecule has 0 amide bonds. The van der Waals surface area contributed by atoms with Crippen molar-refractivity contribution in [1.82, 2.24) is 29.3 Å². The number of ether oxygens (including phenoxy) is 1. The molecule has 10 heteroatoms. The van der Waals surface area contributed by atoms with Crippen LogP contribution >= 0.6 is 11.8 Å². The summed E-state index contributed by atoms with van der Waals surface area (Å²) >= 11 is 1.25. The third-order valence-electron chi connectivity index (χ3n) is 6.77. The van der Waals surface area contributed by atoms with Crippen molar-refractivity contribution in [1.29, 1.82) is 0 Å². The Hall–Kier alpha value is -2.95. The first kappa shape index (κ1) is 23.8. The van der Waals surface area contributed by atoms with Gasteiger partial charge in [-0.1, -0.05) is 11.8 Å². The first-order valence-corrected chi connectivity index (χ1v) is 12.6. The van der Waals surface area contributed by atoms with E-state index in [2.05, 4.69) is 33.5 Å². The van der Waals surface area contributed by atoms with Gasteiger partial charge in [-0.15, -0.1) is 0 Å². The standard InChI is InChI=1S/C25H30FN7OS/c1-16(15-34-3)31-9-6-19(7-10-31)33-17(2)20(12-30-33)18-11-23(24-22(27)13-29-32(24)14-18)35-25-21(26)5-4-8-28-25/h4-5,8,11-14,16,19H,6-7,9-10,15,27H2,1-3H3. The quantitative estimate of drug-likeness (QED) is 0.405. The van der Waals surface area contributed by atoms with E-state index in [0.29, 0.717) is 22.8 Å². The average Bonchev–Trinajstić information content (AvgIpc) is 3.43. The lowest BCUT2D eigenvalue weighted by molar-refractivity contribution is 0.0731. The molecule has 0 saturated carbocycles. The number of nitrogens with zero attached hydrogens (tertiary/aromatic N) is 6. The molecular formula is C25H30FN7OS. The molecule has 5 heterocycles. The van der Waals surface area contributed by atoms with Gasteiger partial charge in [0.2, 0.25) is 0 Å². The molecule has 1 atom stereocenters. The molecule has 1 fully saturated rings. The number of aromatic nitrogens is 5. The lowest BCUT2D eigenvalue weighted by atomic mass is 10.0. The van der Waals surface area contributed by atoms with E-state index in [1.807, 2.05) is 18.5 Å². The SMILES string of the molecule is COCC(C)N1CCC(n2ncc(-c3cc(Sc4ncccc4F)c4c(N)cnn4c3)c2C)CC1. The smallest absolute Gasteiger partial charge is 0.155 e. The van der Waals surface area contributed by atoms with Crippen molar-refractivity contribution >= 4 is 23.0 Å². The number of methoxy groups -OCH3 is 1. The third kappa shape index (κ3) is 4.65. The first-order valence-electron chi connectivity index (χ1n) is 11.8. The van der Waals surface area contributed by atoms with E-state index in [-0.39, 0.29) is 5.82 Å². The highest BCUT2D eigenvalue weighted by molar-refractivity contribution is 7.99. The molecular weight excluding hydrogens is 465 g/mol. The first-order chi connectivity index (χ1) is 17.0. The zero-order valence-corrected chi connectivity index (χ0v) is 21.0. The molecule has 4 aromatic heterocycles. The fraction of sp³-hybridized carbons (Fsp3) is 0.400. The van der Waals surface area contributed by atoms with Crippen LogP contribution in [0.4, 0.5) is 10.1 Å². The maximum Gasteiger partial charge on any atom is 0.155 e. The molecule has 0 radical (unpaired) electrons. The Balaban J connectivity index is 1.44. The van der Waals surface area contributed by atoms with Crippen LogP contribution in [0.15, 0.2) is 52.9 Å². The molecule has 0 aliphatic carbocycles. The summed E-state index contributed by atoms with van der Waals surface area (Å²) in [5.41, 5.74) is 10.6. The van der Waals surface area contributed by atoms with E-state index >= 15 is 0 Å². The number of halogens is 1. The highest BCUT2D eigenvalue weighted by Gasteiger charge is 2.26. The van der Waals surface area contributed by atoms with Crippen LogP contribution in [0, 0.1) is 12.7 Å². The Morgan fingerprint density at radius 2 is 2.06 bits per heavy atom. The molecule has 2 N–H and O–H groups in total. The molecule has 5 rings (SSSR count). The maximum absolute atomic E-state index is 14.4. The maximum atomic E-state index is 14.4. The summed E-state index contributed by atoms with van der Waals surface area (Å²) in [6.45, 7) is 7.12. The number of hydrogen-bond donors (Lipinski definition) is 1. The van der Waals surface area contributed by atoms with Crippen LogP contribution < -0.4 is 5.73 Å². The van der Waals surface area contributed by atoms with E-state index in [1.54, 1.807) is 30.1 Å². The minimum atomic E-state index is -0.366. The van der Waals surface area contributed by atoms with E-state index in [1.165, 1.54) is 17.8 Å². The van der Waals surface area contributed by atoms with Gasteiger partial charge < -0.3 is 10.5 Å². The number of pyridine rings is 2. The molecule has 0 spiro atoms. The van der Waals surface area contributed by atoms with Gasteiger partial charge >= 0.3 is 0 Å². The number of hydrogen-bond acceptors (Lipinski definition) is 7. The van der Waals surface area contributed by atoms with Crippen LogP contribution in [0.25, 0.3) is 16.6 Å². The van der Waals surface area contributed by atoms with Crippen LogP contribution in [-0.2, 0) is 4.74 Å². The monoisotopic (exact) mass is 495 g/mol. The number of rotatable bonds is 7. The Labute approximate surface area is 208 Å². The summed E-state index contributed by atoms with van der Waals surface area (Å²) in [5.74, 6) is -0.366. The van der Waals surface area contributed by atoms with E-state index in [9.17, 15) is 4.39 Å². The summed E-state index contributed by atoms with van der Waals surface area (Å²) in [7, 11) is 1.75. The largest absolute Gasteiger partial charge is 0.396 e. The van der Waals surface area contributed by atoms with Crippen LogP contribution in [0.5, 0.6) is 0 Å². The Morgan fingerprint density at radius 1 is 1.26 bits per heavy atom. The van der Waals surface area contributed by atoms with E-state index < -0.39 is 0 Å². The summed E-state index contributed by atoms with van der Waals surface area (Å²) in [4.78, 5) is 7.48. The minimum Gasteiger partial charge on any atom is -0.396 e. The Morgan fingerprint density at radius 3 is 2.80 bits per heavy atom. The normalized spacial score (nSPS) is 16.2. The highest BCUT2D eigenvalue weighted by atomic mass is 32.2.